The summed E-state index contributed by atoms with van der Waals surface area (Å²) in [5, 5.41) is 0. The van der Waals surface area contributed by atoms with Crippen molar-refractivity contribution in [3.05, 3.63) is 0 Å². The summed E-state index contributed by atoms with van der Waals surface area (Å²) in [4.78, 5) is 25.5. The van der Waals surface area contributed by atoms with Gasteiger partial charge in [0.15, 0.2) is 0 Å². The van der Waals surface area contributed by atoms with Gasteiger partial charge in [-0.2, -0.15) is 0 Å². The lowest BCUT2D eigenvalue weighted by Gasteiger charge is -2.30. The van der Waals surface area contributed by atoms with Crippen molar-refractivity contribution in [3.63, 3.8) is 0 Å². The highest BCUT2D eigenvalue weighted by Crippen LogP contribution is 2.42. The quantitative estimate of drug-likeness (QED) is 0.779. The number of hydrogen-bond donors (Lipinski definition) is 1. The zero-order valence-electron chi connectivity index (χ0n) is 11.3. The van der Waals surface area contributed by atoms with Crippen molar-refractivity contribution in [2.45, 2.75) is 25.7 Å². The summed E-state index contributed by atoms with van der Waals surface area (Å²) in [5.41, 5.74) is 0. The molecule has 1 unspecified atom stereocenters. The normalized spacial score (nSPS) is 25.9. The number of carbonyl (C=O) groups excluding carboxylic acids is 1. The fourth-order valence-corrected chi connectivity index (χ4v) is 4.38. The van der Waals surface area contributed by atoms with Crippen LogP contribution in [0.25, 0.3) is 0 Å². The Balaban J connectivity index is 1.87. The van der Waals surface area contributed by atoms with E-state index in [1.165, 1.54) is 0 Å². The molecule has 0 saturated carbocycles. The Morgan fingerprint density at radius 2 is 1.84 bits per heavy atom. The van der Waals surface area contributed by atoms with Gasteiger partial charge in [0.1, 0.15) is 0 Å². The molecule has 110 valence electrons. The minimum absolute atomic E-state index is 0.00317. The molecule has 0 bridgehead atoms. The van der Waals surface area contributed by atoms with Crippen molar-refractivity contribution >= 4 is 13.3 Å². The Morgan fingerprint density at radius 3 is 2.58 bits per heavy atom. The van der Waals surface area contributed by atoms with Crippen LogP contribution in [0.1, 0.15) is 25.7 Å². The number of hydrogen-bond acceptors (Lipinski definition) is 4. The smallest absolute Gasteiger partial charge is 0.232 e. The fourth-order valence-electron chi connectivity index (χ4n) is 2.55. The number of carbonyl (C=O) groups is 1. The first kappa shape index (κ1) is 15.0. The largest absolute Gasteiger partial charge is 0.379 e. The monoisotopic (exact) mass is 290 g/mol. The molecular weight excluding hydrogens is 267 g/mol. The molecule has 2 saturated heterocycles. The molecule has 0 spiro atoms. The van der Waals surface area contributed by atoms with Crippen molar-refractivity contribution in [1.29, 1.82) is 0 Å². The molecule has 0 aliphatic carbocycles. The van der Waals surface area contributed by atoms with E-state index >= 15 is 0 Å². The van der Waals surface area contributed by atoms with Crippen LogP contribution in [0.4, 0.5) is 0 Å². The molecular formula is C12H23N2O4P. The predicted octanol–water partition coefficient (Wildman–Crippen LogP) is 0.907. The Morgan fingerprint density at radius 1 is 1.11 bits per heavy atom. The molecule has 1 amide bonds. The Kier molecular flexibility index (Phi) is 5.39. The highest BCUT2D eigenvalue weighted by Gasteiger charge is 2.29. The minimum atomic E-state index is -3.31. The van der Waals surface area contributed by atoms with Gasteiger partial charge in [0.05, 0.1) is 25.8 Å². The lowest BCUT2D eigenvalue weighted by molar-refractivity contribution is -0.129. The third-order valence-electron chi connectivity index (χ3n) is 3.59. The van der Waals surface area contributed by atoms with Crippen LogP contribution < -0.4 is 0 Å². The maximum atomic E-state index is 12.3. The summed E-state index contributed by atoms with van der Waals surface area (Å²) in [6, 6.07) is 0. The van der Waals surface area contributed by atoms with Crippen molar-refractivity contribution in [1.82, 2.24) is 9.80 Å². The maximum absolute atomic E-state index is 12.3. The molecule has 1 atom stereocenters. The molecule has 1 N–H and O–H groups in total. The van der Waals surface area contributed by atoms with E-state index in [-0.39, 0.29) is 18.5 Å². The number of likely N-dealkylation sites (tertiary alicyclic amines) is 1. The predicted molar refractivity (Wildman–Crippen MR) is 72.1 cm³/mol. The Hall–Kier alpha value is -0.420. The molecule has 0 aromatic rings. The second-order valence-electron chi connectivity index (χ2n) is 5.33. The molecule has 2 heterocycles. The topological polar surface area (TPSA) is 70.1 Å². The van der Waals surface area contributed by atoms with Crippen LogP contribution in [0.3, 0.4) is 0 Å². The molecule has 2 aliphatic heterocycles. The van der Waals surface area contributed by atoms with Crippen LogP contribution in [0.5, 0.6) is 0 Å². The number of morpholine rings is 1. The fraction of sp³-hybridized carbons (Fsp3) is 0.917. The minimum Gasteiger partial charge on any atom is -0.379 e. The van der Waals surface area contributed by atoms with Gasteiger partial charge >= 0.3 is 0 Å². The van der Waals surface area contributed by atoms with Gasteiger partial charge in [0.25, 0.3) is 0 Å². The van der Waals surface area contributed by atoms with Gasteiger partial charge in [-0.1, -0.05) is 6.42 Å². The second kappa shape index (κ2) is 6.84. The van der Waals surface area contributed by atoms with E-state index in [2.05, 4.69) is 0 Å². The van der Waals surface area contributed by atoms with Gasteiger partial charge in [0.2, 0.25) is 13.3 Å². The zero-order chi connectivity index (χ0) is 13.7. The summed E-state index contributed by atoms with van der Waals surface area (Å²) in [6.45, 7) is 3.23. The van der Waals surface area contributed by atoms with Gasteiger partial charge in [-0.05, 0) is 12.8 Å². The van der Waals surface area contributed by atoms with E-state index in [9.17, 15) is 14.3 Å². The average molecular weight is 290 g/mol. The van der Waals surface area contributed by atoms with Gasteiger partial charge < -0.3 is 14.5 Å². The lowest BCUT2D eigenvalue weighted by atomic mass is 10.2. The summed E-state index contributed by atoms with van der Waals surface area (Å²) in [7, 11) is -3.31. The first-order valence-electron chi connectivity index (χ1n) is 6.95. The number of nitrogens with zero attached hydrogens (tertiary/aromatic N) is 2. The SMILES string of the molecule is O=C1CCCCCN1CP(=O)(O)CN1CCOCC1. The molecule has 19 heavy (non-hydrogen) atoms. The molecule has 0 radical (unpaired) electrons. The van der Waals surface area contributed by atoms with E-state index in [1.807, 2.05) is 4.90 Å². The zero-order valence-corrected chi connectivity index (χ0v) is 12.2. The number of rotatable bonds is 4. The van der Waals surface area contributed by atoms with Crippen LogP contribution in [0.15, 0.2) is 0 Å². The van der Waals surface area contributed by atoms with Crippen LogP contribution in [-0.4, -0.2) is 66.0 Å². The molecule has 0 aromatic heterocycles. The Labute approximate surface area is 114 Å². The molecule has 2 aliphatic rings. The molecule has 2 fully saturated rings. The van der Waals surface area contributed by atoms with Crippen LogP contribution >= 0.6 is 7.37 Å². The summed E-state index contributed by atoms with van der Waals surface area (Å²) >= 11 is 0. The molecule has 2 rings (SSSR count). The molecule has 0 aromatic carbocycles. The third kappa shape index (κ3) is 4.88. The summed E-state index contributed by atoms with van der Waals surface area (Å²) in [6.07, 6.45) is 3.54. The maximum Gasteiger partial charge on any atom is 0.232 e. The van der Waals surface area contributed by atoms with Gasteiger partial charge in [0, 0.05) is 26.1 Å². The standard InChI is InChI=1S/C12H23N2O4P/c15-12-4-2-1-3-5-14(12)11-19(16,17)10-13-6-8-18-9-7-13/h1-11H2,(H,16,17). The van der Waals surface area contributed by atoms with Crippen molar-refractivity contribution in [2.75, 3.05) is 45.4 Å². The van der Waals surface area contributed by atoms with Crippen molar-refractivity contribution in [2.24, 2.45) is 0 Å². The average Bonchev–Trinajstić information content (AvgIpc) is 2.55. The van der Waals surface area contributed by atoms with Crippen LogP contribution in [0, 0.1) is 0 Å². The van der Waals surface area contributed by atoms with Gasteiger partial charge in [-0.25, -0.2) is 0 Å². The van der Waals surface area contributed by atoms with Gasteiger partial charge in [-0.3, -0.25) is 14.3 Å². The second-order valence-corrected chi connectivity index (χ2v) is 7.59. The number of amides is 1. The summed E-state index contributed by atoms with van der Waals surface area (Å²) < 4.78 is 17.5. The Bertz CT molecular complexity index is 358. The first-order valence-corrected chi connectivity index (χ1v) is 8.98. The highest BCUT2D eigenvalue weighted by molar-refractivity contribution is 7.57. The first-order chi connectivity index (χ1) is 9.07. The summed E-state index contributed by atoms with van der Waals surface area (Å²) in [5.74, 6) is 0.0220. The van der Waals surface area contributed by atoms with E-state index in [4.69, 9.17) is 4.74 Å². The highest BCUT2D eigenvalue weighted by atomic mass is 31.2. The van der Waals surface area contributed by atoms with Crippen LogP contribution in [-0.2, 0) is 14.1 Å². The van der Waals surface area contributed by atoms with E-state index in [0.29, 0.717) is 39.3 Å². The van der Waals surface area contributed by atoms with E-state index < -0.39 is 7.37 Å². The molecule has 6 nitrogen and oxygen atoms in total. The van der Waals surface area contributed by atoms with Gasteiger partial charge in [-0.15, -0.1) is 0 Å². The lowest BCUT2D eigenvalue weighted by Crippen LogP contribution is -2.39. The van der Waals surface area contributed by atoms with E-state index in [1.54, 1.807) is 4.90 Å². The number of ether oxygens (including phenoxy) is 1. The molecule has 7 heteroatoms. The van der Waals surface area contributed by atoms with Crippen LogP contribution in [0.2, 0.25) is 0 Å². The van der Waals surface area contributed by atoms with Crippen molar-refractivity contribution in [3.8, 4) is 0 Å². The van der Waals surface area contributed by atoms with E-state index in [0.717, 1.165) is 19.3 Å². The third-order valence-corrected chi connectivity index (χ3v) is 5.21. The van der Waals surface area contributed by atoms with Crippen molar-refractivity contribution < 1.29 is 19.0 Å².